The number of nitro groups is 1. The largest absolute Gasteiger partial charge is 0.380 e. The number of non-ortho nitro benzene ring substituents is 1. The Balaban J connectivity index is 2.19. The molecule has 0 radical (unpaired) electrons. The zero-order valence-corrected chi connectivity index (χ0v) is 12.4. The first-order chi connectivity index (χ1) is 9.47. The van der Waals surface area contributed by atoms with Crippen molar-refractivity contribution in [1.82, 2.24) is 0 Å². The normalized spacial score (nSPS) is 10.3. The Bertz CT molecular complexity index is 667. The van der Waals surface area contributed by atoms with E-state index in [9.17, 15) is 14.5 Å². The van der Waals surface area contributed by atoms with Crippen molar-refractivity contribution in [1.29, 1.82) is 0 Å². The van der Waals surface area contributed by atoms with Gasteiger partial charge in [-0.05, 0) is 39.7 Å². The molecular weight excluding hydrogens is 351 g/mol. The molecule has 104 valence electrons. The first-order valence-electron chi connectivity index (χ1n) is 5.59. The van der Waals surface area contributed by atoms with E-state index in [1.54, 1.807) is 18.2 Å². The fourth-order valence-electron chi connectivity index (χ4n) is 1.68. The van der Waals surface area contributed by atoms with Crippen LogP contribution in [-0.2, 0) is 6.54 Å². The second kappa shape index (κ2) is 6.19. The fraction of sp³-hybridized carbons (Fsp3) is 0.0769. The van der Waals surface area contributed by atoms with Crippen molar-refractivity contribution in [3.05, 3.63) is 67.4 Å². The molecule has 7 heteroatoms. The molecule has 0 bridgehead atoms. The summed E-state index contributed by atoms with van der Waals surface area (Å²) >= 11 is 9.28. The minimum absolute atomic E-state index is 0.248. The highest BCUT2D eigenvalue weighted by Gasteiger charge is 2.10. The molecule has 0 aliphatic heterocycles. The van der Waals surface area contributed by atoms with Gasteiger partial charge in [-0.2, -0.15) is 0 Å². The second-order valence-corrected chi connectivity index (χ2v) is 5.23. The predicted octanol–water partition coefficient (Wildman–Crippen LogP) is 4.76. The third kappa shape index (κ3) is 3.46. The van der Waals surface area contributed by atoms with Crippen molar-refractivity contribution in [2.45, 2.75) is 6.54 Å². The molecular formula is C13H9BrClFN2O2. The van der Waals surface area contributed by atoms with Crippen LogP contribution >= 0.6 is 27.5 Å². The molecule has 0 heterocycles. The number of hydrogen-bond donors (Lipinski definition) is 1. The molecule has 0 aliphatic rings. The maximum atomic E-state index is 13.3. The average Bonchev–Trinajstić information content (AvgIpc) is 2.40. The van der Waals surface area contributed by atoms with E-state index in [-0.39, 0.29) is 12.2 Å². The van der Waals surface area contributed by atoms with Gasteiger partial charge in [0.2, 0.25) is 0 Å². The van der Waals surface area contributed by atoms with Crippen LogP contribution < -0.4 is 5.32 Å². The standard InChI is InChI=1S/C13H9BrClFN2O2/c14-13-11(15)2-1-3-12(13)17-7-8-4-9(16)6-10(5-8)18(19)20/h1-6,17H,7H2. The van der Waals surface area contributed by atoms with Crippen LogP contribution in [0.4, 0.5) is 15.8 Å². The summed E-state index contributed by atoms with van der Waals surface area (Å²) in [5.74, 6) is -0.638. The number of anilines is 1. The quantitative estimate of drug-likeness (QED) is 0.632. The zero-order chi connectivity index (χ0) is 14.7. The van der Waals surface area contributed by atoms with Crippen molar-refractivity contribution in [2.24, 2.45) is 0 Å². The lowest BCUT2D eigenvalue weighted by Crippen LogP contribution is -2.02. The molecule has 0 spiro atoms. The number of nitrogens with zero attached hydrogens (tertiary/aromatic N) is 1. The van der Waals surface area contributed by atoms with E-state index in [4.69, 9.17) is 11.6 Å². The number of nitrogens with one attached hydrogen (secondary N) is 1. The van der Waals surface area contributed by atoms with E-state index in [0.29, 0.717) is 15.1 Å². The van der Waals surface area contributed by atoms with Gasteiger partial charge in [0, 0.05) is 12.6 Å². The van der Waals surface area contributed by atoms with E-state index >= 15 is 0 Å². The van der Waals surface area contributed by atoms with E-state index < -0.39 is 10.7 Å². The highest BCUT2D eigenvalue weighted by atomic mass is 79.9. The van der Waals surface area contributed by atoms with Crippen LogP contribution in [0.15, 0.2) is 40.9 Å². The molecule has 0 saturated heterocycles. The lowest BCUT2D eigenvalue weighted by molar-refractivity contribution is -0.385. The van der Waals surface area contributed by atoms with Gasteiger partial charge >= 0.3 is 0 Å². The van der Waals surface area contributed by atoms with Gasteiger partial charge in [-0.25, -0.2) is 4.39 Å². The van der Waals surface area contributed by atoms with E-state index in [2.05, 4.69) is 21.2 Å². The Kier molecular flexibility index (Phi) is 4.57. The lowest BCUT2D eigenvalue weighted by atomic mass is 10.2. The van der Waals surface area contributed by atoms with E-state index in [1.807, 2.05) is 0 Å². The van der Waals surface area contributed by atoms with Crippen LogP contribution in [0.3, 0.4) is 0 Å². The van der Waals surface area contributed by atoms with Gasteiger partial charge in [0.25, 0.3) is 5.69 Å². The third-order valence-corrected chi connectivity index (χ3v) is 3.99. The molecule has 2 rings (SSSR count). The van der Waals surface area contributed by atoms with Crippen molar-refractivity contribution >= 4 is 38.9 Å². The number of nitro benzene ring substituents is 1. The first kappa shape index (κ1) is 14.7. The maximum absolute atomic E-state index is 13.3. The third-order valence-electron chi connectivity index (χ3n) is 2.59. The molecule has 1 N–H and O–H groups in total. The van der Waals surface area contributed by atoms with Crippen molar-refractivity contribution in [3.63, 3.8) is 0 Å². The lowest BCUT2D eigenvalue weighted by Gasteiger charge is -2.09. The smallest absolute Gasteiger partial charge is 0.272 e. The average molecular weight is 360 g/mol. The summed E-state index contributed by atoms with van der Waals surface area (Å²) in [5, 5.41) is 14.3. The van der Waals surface area contributed by atoms with E-state index in [1.165, 1.54) is 12.1 Å². The highest BCUT2D eigenvalue weighted by Crippen LogP contribution is 2.30. The summed E-state index contributed by atoms with van der Waals surface area (Å²) in [7, 11) is 0. The summed E-state index contributed by atoms with van der Waals surface area (Å²) in [5.41, 5.74) is 0.931. The van der Waals surface area contributed by atoms with Crippen molar-refractivity contribution in [3.8, 4) is 0 Å². The number of hydrogen-bond acceptors (Lipinski definition) is 3. The molecule has 2 aromatic carbocycles. The van der Waals surface area contributed by atoms with Gasteiger partial charge in [0.15, 0.2) is 0 Å². The Morgan fingerprint density at radius 1 is 1.35 bits per heavy atom. The van der Waals surface area contributed by atoms with Crippen molar-refractivity contribution < 1.29 is 9.31 Å². The minimum atomic E-state index is -0.638. The molecule has 20 heavy (non-hydrogen) atoms. The SMILES string of the molecule is O=[N+]([O-])c1cc(F)cc(CNc2cccc(Cl)c2Br)c1. The number of benzene rings is 2. The van der Waals surface area contributed by atoms with Crippen LogP contribution in [0.1, 0.15) is 5.56 Å². The molecule has 0 atom stereocenters. The molecule has 0 unspecified atom stereocenters. The summed E-state index contributed by atoms with van der Waals surface area (Å²) < 4.78 is 14.0. The molecule has 0 fully saturated rings. The molecule has 2 aromatic rings. The number of halogens is 3. The molecule has 0 saturated carbocycles. The van der Waals surface area contributed by atoms with Gasteiger partial charge in [0.1, 0.15) is 5.82 Å². The summed E-state index contributed by atoms with van der Waals surface area (Å²) in [6, 6.07) is 8.75. The van der Waals surface area contributed by atoms with E-state index in [0.717, 1.165) is 11.8 Å². The monoisotopic (exact) mass is 358 g/mol. The minimum Gasteiger partial charge on any atom is -0.380 e. The van der Waals surface area contributed by atoms with Crippen LogP contribution in [0.2, 0.25) is 5.02 Å². The first-order valence-corrected chi connectivity index (χ1v) is 6.76. The van der Waals surface area contributed by atoms with Gasteiger partial charge < -0.3 is 5.32 Å². The van der Waals surface area contributed by atoms with Crippen LogP contribution in [0.25, 0.3) is 0 Å². The summed E-state index contributed by atoms with van der Waals surface area (Å²) in [6.45, 7) is 0.248. The Hall–Kier alpha value is -1.66. The van der Waals surface area contributed by atoms with Gasteiger partial charge in [-0.3, -0.25) is 10.1 Å². The van der Waals surface area contributed by atoms with Gasteiger partial charge in [0.05, 0.1) is 26.2 Å². The van der Waals surface area contributed by atoms with Gasteiger partial charge in [-0.15, -0.1) is 0 Å². The molecule has 4 nitrogen and oxygen atoms in total. The van der Waals surface area contributed by atoms with Crippen LogP contribution in [0.5, 0.6) is 0 Å². The topological polar surface area (TPSA) is 55.2 Å². The Labute approximate surface area is 127 Å². The zero-order valence-electron chi connectivity index (χ0n) is 10.1. The highest BCUT2D eigenvalue weighted by molar-refractivity contribution is 9.10. The maximum Gasteiger partial charge on any atom is 0.272 e. The Morgan fingerprint density at radius 2 is 2.10 bits per heavy atom. The molecule has 0 amide bonds. The fourth-order valence-corrected chi connectivity index (χ4v) is 2.26. The summed E-state index contributed by atoms with van der Waals surface area (Å²) in [4.78, 5) is 10.0. The number of rotatable bonds is 4. The predicted molar refractivity (Wildman–Crippen MR) is 79.5 cm³/mol. The summed E-state index contributed by atoms with van der Waals surface area (Å²) in [6.07, 6.45) is 0. The molecule has 0 aliphatic carbocycles. The second-order valence-electron chi connectivity index (χ2n) is 4.03. The van der Waals surface area contributed by atoms with Crippen LogP contribution in [0, 0.1) is 15.9 Å². The molecule has 0 aromatic heterocycles. The van der Waals surface area contributed by atoms with Crippen molar-refractivity contribution in [2.75, 3.05) is 5.32 Å². The Morgan fingerprint density at radius 3 is 2.80 bits per heavy atom. The van der Waals surface area contributed by atoms with Crippen LogP contribution in [-0.4, -0.2) is 4.92 Å². The van der Waals surface area contributed by atoms with Gasteiger partial charge in [-0.1, -0.05) is 17.7 Å².